The fourth-order valence-electron chi connectivity index (χ4n) is 5.25. The summed E-state index contributed by atoms with van der Waals surface area (Å²) in [7, 11) is 0. The number of aryl methyl sites for hydroxylation is 2. The predicted octanol–water partition coefficient (Wildman–Crippen LogP) is 6.23. The van der Waals surface area contributed by atoms with Crippen LogP contribution in [0.5, 0.6) is 0 Å². The number of fused-ring (bicyclic) bond motifs is 2. The standard InChI is InChI=1S/C28H26ClN3O3/c1-16-11-17(2)27-21(15-30-22(27)12-16)18(3)31-23-10-9-20(29)13-25(23)32(28(31)35)24(14-26(33)34)19-7-5-4-6-8-19/h4-13,15,18,24,30H,14H2,1-3H3,(H,33,34)/t18?,24-/m1/s1. The molecule has 0 bridgehead atoms. The van der Waals surface area contributed by atoms with Gasteiger partial charge in [-0.15, -0.1) is 0 Å². The molecule has 5 rings (SSSR count). The van der Waals surface area contributed by atoms with Gasteiger partial charge in [-0.25, -0.2) is 4.79 Å². The van der Waals surface area contributed by atoms with Crippen LogP contribution in [0.25, 0.3) is 21.9 Å². The van der Waals surface area contributed by atoms with Crippen molar-refractivity contribution in [3.05, 3.63) is 105 Å². The van der Waals surface area contributed by atoms with Crippen LogP contribution in [0.3, 0.4) is 0 Å². The van der Waals surface area contributed by atoms with Crippen LogP contribution in [-0.4, -0.2) is 25.2 Å². The molecule has 0 aliphatic heterocycles. The van der Waals surface area contributed by atoms with E-state index < -0.39 is 12.0 Å². The molecule has 0 spiro atoms. The van der Waals surface area contributed by atoms with Crippen molar-refractivity contribution in [3.8, 4) is 0 Å². The zero-order valence-corrected chi connectivity index (χ0v) is 20.5. The van der Waals surface area contributed by atoms with E-state index in [0.717, 1.165) is 27.6 Å². The number of aliphatic carboxylic acids is 1. The largest absolute Gasteiger partial charge is 0.481 e. The van der Waals surface area contributed by atoms with Gasteiger partial charge in [0.1, 0.15) is 0 Å². The smallest absolute Gasteiger partial charge is 0.330 e. The maximum Gasteiger partial charge on any atom is 0.330 e. The van der Waals surface area contributed by atoms with E-state index in [0.29, 0.717) is 16.1 Å². The van der Waals surface area contributed by atoms with Crippen LogP contribution in [0.1, 0.15) is 47.7 Å². The maximum atomic E-state index is 14.1. The Labute approximate surface area is 207 Å². The van der Waals surface area contributed by atoms with Crippen molar-refractivity contribution >= 4 is 39.5 Å². The van der Waals surface area contributed by atoms with Crippen molar-refractivity contribution in [3.63, 3.8) is 0 Å². The molecule has 1 unspecified atom stereocenters. The average Bonchev–Trinajstić information content (AvgIpc) is 3.36. The summed E-state index contributed by atoms with van der Waals surface area (Å²) in [5, 5.41) is 11.3. The van der Waals surface area contributed by atoms with Crippen LogP contribution in [0, 0.1) is 13.8 Å². The lowest BCUT2D eigenvalue weighted by Gasteiger charge is -2.18. The molecule has 2 atom stereocenters. The first-order valence-electron chi connectivity index (χ1n) is 11.5. The first kappa shape index (κ1) is 23.0. The molecule has 35 heavy (non-hydrogen) atoms. The molecule has 2 heterocycles. The Morgan fingerprint density at radius 3 is 2.49 bits per heavy atom. The molecule has 0 radical (unpaired) electrons. The highest BCUT2D eigenvalue weighted by molar-refractivity contribution is 6.31. The van der Waals surface area contributed by atoms with E-state index in [1.165, 1.54) is 5.56 Å². The summed E-state index contributed by atoms with van der Waals surface area (Å²) in [6.45, 7) is 6.13. The lowest BCUT2D eigenvalue weighted by atomic mass is 10.0. The number of imidazole rings is 1. The van der Waals surface area contributed by atoms with Crippen molar-refractivity contribution in [2.24, 2.45) is 0 Å². The number of H-pyrrole nitrogens is 1. The molecule has 0 aliphatic carbocycles. The van der Waals surface area contributed by atoms with E-state index in [-0.39, 0.29) is 18.2 Å². The number of benzene rings is 3. The number of aromatic amines is 1. The molecule has 7 heteroatoms. The second-order valence-electron chi connectivity index (χ2n) is 9.10. The van der Waals surface area contributed by atoms with E-state index in [9.17, 15) is 14.7 Å². The SMILES string of the molecule is Cc1cc(C)c2c(C(C)n3c(=O)n([C@H](CC(=O)O)c4ccccc4)c4cc(Cl)ccc43)c[nH]c2c1. The predicted molar refractivity (Wildman–Crippen MR) is 140 cm³/mol. The van der Waals surface area contributed by atoms with Crippen LogP contribution in [0.15, 0.2) is 71.7 Å². The van der Waals surface area contributed by atoms with E-state index in [4.69, 9.17) is 11.6 Å². The van der Waals surface area contributed by atoms with Crippen LogP contribution in [0.4, 0.5) is 0 Å². The Hall–Kier alpha value is -3.77. The molecule has 5 aromatic rings. The van der Waals surface area contributed by atoms with Crippen molar-refractivity contribution in [2.75, 3.05) is 0 Å². The van der Waals surface area contributed by atoms with E-state index in [2.05, 4.69) is 31.0 Å². The number of nitrogens with one attached hydrogen (secondary N) is 1. The third-order valence-corrected chi connectivity index (χ3v) is 6.96. The fourth-order valence-corrected chi connectivity index (χ4v) is 5.42. The van der Waals surface area contributed by atoms with E-state index in [1.807, 2.05) is 49.5 Å². The topological polar surface area (TPSA) is 80.0 Å². The third kappa shape index (κ3) is 3.94. The maximum absolute atomic E-state index is 14.1. The minimum atomic E-state index is -0.982. The van der Waals surface area contributed by atoms with E-state index >= 15 is 0 Å². The Morgan fingerprint density at radius 1 is 1.03 bits per heavy atom. The van der Waals surface area contributed by atoms with Crippen LogP contribution >= 0.6 is 11.6 Å². The number of rotatable bonds is 6. The Morgan fingerprint density at radius 2 is 1.77 bits per heavy atom. The summed E-state index contributed by atoms with van der Waals surface area (Å²) in [5.41, 5.74) is 6.12. The fraction of sp³-hybridized carbons (Fsp3) is 0.214. The van der Waals surface area contributed by atoms with E-state index in [1.54, 1.807) is 21.3 Å². The molecule has 2 N–H and O–H groups in total. The normalized spacial score (nSPS) is 13.4. The first-order valence-corrected chi connectivity index (χ1v) is 11.9. The number of hydrogen-bond acceptors (Lipinski definition) is 2. The zero-order valence-electron chi connectivity index (χ0n) is 19.7. The second-order valence-corrected chi connectivity index (χ2v) is 9.54. The number of carbonyl (C=O) groups is 1. The lowest BCUT2D eigenvalue weighted by Crippen LogP contribution is -2.31. The van der Waals surface area contributed by atoms with Crippen LogP contribution < -0.4 is 5.69 Å². The molecule has 0 aliphatic rings. The highest BCUT2D eigenvalue weighted by Crippen LogP contribution is 2.34. The number of aromatic nitrogens is 3. The quantitative estimate of drug-likeness (QED) is 0.298. The van der Waals surface area contributed by atoms with Gasteiger partial charge in [-0.3, -0.25) is 13.9 Å². The molecule has 6 nitrogen and oxygen atoms in total. The monoisotopic (exact) mass is 487 g/mol. The van der Waals surface area contributed by atoms with Crippen molar-refractivity contribution < 1.29 is 9.90 Å². The summed E-state index contributed by atoms with van der Waals surface area (Å²) in [6, 6.07) is 17.9. The molecule has 0 saturated carbocycles. The molecule has 3 aromatic carbocycles. The van der Waals surface area contributed by atoms with Gasteiger partial charge in [0.25, 0.3) is 0 Å². The van der Waals surface area contributed by atoms with Gasteiger partial charge >= 0.3 is 11.7 Å². The lowest BCUT2D eigenvalue weighted by molar-refractivity contribution is -0.137. The Kier molecular flexibility index (Phi) is 5.77. The average molecular weight is 488 g/mol. The number of nitrogens with zero attached hydrogens (tertiary/aromatic N) is 2. The molecular formula is C28H26ClN3O3. The summed E-state index contributed by atoms with van der Waals surface area (Å²) in [4.78, 5) is 29.3. The molecule has 0 saturated heterocycles. The minimum absolute atomic E-state index is 0.227. The first-order chi connectivity index (χ1) is 16.8. The van der Waals surface area contributed by atoms with Gasteiger partial charge in [-0.05, 0) is 61.7 Å². The van der Waals surface area contributed by atoms with Crippen molar-refractivity contribution in [1.82, 2.24) is 14.1 Å². The van der Waals surface area contributed by atoms with Gasteiger partial charge in [-0.1, -0.05) is 48.0 Å². The van der Waals surface area contributed by atoms with Gasteiger partial charge in [0.2, 0.25) is 0 Å². The molecule has 2 aromatic heterocycles. The number of carboxylic acid groups (broad SMARTS) is 1. The minimum Gasteiger partial charge on any atom is -0.481 e. The number of carboxylic acids is 1. The summed E-state index contributed by atoms with van der Waals surface area (Å²) in [6.07, 6.45) is 1.73. The Balaban J connectivity index is 1.78. The highest BCUT2D eigenvalue weighted by Gasteiger charge is 2.27. The van der Waals surface area contributed by atoms with Gasteiger partial charge in [0, 0.05) is 27.7 Å². The molecule has 0 amide bonds. The van der Waals surface area contributed by atoms with Gasteiger partial charge < -0.3 is 10.1 Å². The highest BCUT2D eigenvalue weighted by atomic mass is 35.5. The van der Waals surface area contributed by atoms with Gasteiger partial charge in [0.05, 0.1) is 29.5 Å². The molecule has 178 valence electrons. The van der Waals surface area contributed by atoms with Crippen LogP contribution in [-0.2, 0) is 4.79 Å². The summed E-state index contributed by atoms with van der Waals surface area (Å²) in [5.74, 6) is -0.982. The third-order valence-electron chi connectivity index (χ3n) is 6.72. The van der Waals surface area contributed by atoms with Gasteiger partial charge in [0.15, 0.2) is 0 Å². The Bertz CT molecular complexity index is 1630. The van der Waals surface area contributed by atoms with Gasteiger partial charge in [-0.2, -0.15) is 0 Å². The number of hydrogen-bond donors (Lipinski definition) is 2. The molecular weight excluding hydrogens is 462 g/mol. The molecule has 0 fully saturated rings. The second kappa shape index (κ2) is 8.78. The number of halogens is 1. The summed E-state index contributed by atoms with van der Waals surface area (Å²) >= 11 is 6.36. The van der Waals surface area contributed by atoms with Crippen LogP contribution in [0.2, 0.25) is 5.02 Å². The van der Waals surface area contributed by atoms with Crippen molar-refractivity contribution in [2.45, 2.75) is 39.3 Å². The van der Waals surface area contributed by atoms with Crippen molar-refractivity contribution in [1.29, 1.82) is 0 Å². The zero-order chi connectivity index (χ0) is 24.9. The summed E-state index contributed by atoms with van der Waals surface area (Å²) < 4.78 is 3.32.